The summed E-state index contributed by atoms with van der Waals surface area (Å²) in [4.78, 5) is 14.3. The van der Waals surface area contributed by atoms with Gasteiger partial charge in [0.05, 0.1) is 25.9 Å². The Kier molecular flexibility index (Phi) is 6.16. The summed E-state index contributed by atoms with van der Waals surface area (Å²) in [5, 5.41) is 13.4. The van der Waals surface area contributed by atoms with E-state index in [1.54, 1.807) is 0 Å². The molecule has 0 aliphatic carbocycles. The fourth-order valence-corrected chi connectivity index (χ4v) is 2.83. The molecule has 1 fully saturated rings. The van der Waals surface area contributed by atoms with E-state index in [0.29, 0.717) is 32.7 Å². The van der Waals surface area contributed by atoms with E-state index >= 15 is 0 Å². The van der Waals surface area contributed by atoms with E-state index in [0.717, 1.165) is 5.56 Å². The summed E-state index contributed by atoms with van der Waals surface area (Å²) in [7, 11) is 0. The van der Waals surface area contributed by atoms with Crippen LogP contribution in [0.25, 0.3) is 0 Å². The van der Waals surface area contributed by atoms with E-state index < -0.39 is 6.10 Å². The van der Waals surface area contributed by atoms with Crippen LogP contribution in [0.2, 0.25) is 0 Å². The second-order valence-corrected chi connectivity index (χ2v) is 7.16. The Hall–Kier alpha value is -1.43. The molecule has 5 heteroatoms. The number of aliphatic hydroxyl groups is 1. The molecule has 1 aliphatic heterocycles. The summed E-state index contributed by atoms with van der Waals surface area (Å²) in [6, 6.07) is 9.67. The van der Waals surface area contributed by atoms with Crippen molar-refractivity contribution < 1.29 is 14.6 Å². The highest BCUT2D eigenvalue weighted by Gasteiger charge is 2.28. The van der Waals surface area contributed by atoms with Crippen molar-refractivity contribution in [2.45, 2.75) is 44.9 Å². The molecular weight excluding hydrogens is 292 g/mol. The highest BCUT2D eigenvalue weighted by Crippen LogP contribution is 2.22. The average Bonchev–Trinajstić information content (AvgIpc) is 2.48. The number of benzene rings is 1. The topological polar surface area (TPSA) is 61.8 Å². The fourth-order valence-electron chi connectivity index (χ4n) is 2.83. The van der Waals surface area contributed by atoms with E-state index in [1.807, 2.05) is 51.1 Å². The second kappa shape index (κ2) is 7.90. The molecular formula is C18H28N2O3. The van der Waals surface area contributed by atoms with E-state index in [4.69, 9.17) is 4.74 Å². The number of carbonyl (C=O) groups excluding carboxylic acids is 1. The first-order chi connectivity index (χ1) is 10.8. The van der Waals surface area contributed by atoms with Crippen molar-refractivity contribution in [1.82, 2.24) is 10.2 Å². The number of amides is 1. The lowest BCUT2D eigenvalue weighted by Crippen LogP contribution is -2.52. The fraction of sp³-hybridized carbons (Fsp3) is 0.611. The molecule has 0 aromatic heterocycles. The van der Waals surface area contributed by atoms with Crippen LogP contribution in [0.1, 0.15) is 38.9 Å². The highest BCUT2D eigenvalue weighted by atomic mass is 16.5. The number of nitrogens with one attached hydrogen (secondary N) is 1. The normalized spacial score (nSPS) is 21.0. The summed E-state index contributed by atoms with van der Waals surface area (Å²) >= 11 is 0. The van der Waals surface area contributed by atoms with Crippen LogP contribution < -0.4 is 5.32 Å². The number of nitrogens with zero attached hydrogens (tertiary/aromatic N) is 1. The maximum absolute atomic E-state index is 12.2. The van der Waals surface area contributed by atoms with Gasteiger partial charge in [-0.3, -0.25) is 9.69 Å². The maximum atomic E-state index is 12.2. The smallest absolute Gasteiger partial charge is 0.234 e. The van der Waals surface area contributed by atoms with Gasteiger partial charge in [-0.1, -0.05) is 30.3 Å². The van der Waals surface area contributed by atoms with Gasteiger partial charge in [0.15, 0.2) is 0 Å². The number of carbonyl (C=O) groups is 1. The van der Waals surface area contributed by atoms with Crippen LogP contribution in [0.15, 0.2) is 30.3 Å². The largest absolute Gasteiger partial charge is 0.388 e. The molecule has 1 aromatic carbocycles. The number of hydrogen-bond donors (Lipinski definition) is 2. The summed E-state index contributed by atoms with van der Waals surface area (Å²) in [5.74, 6) is 0.0126. The molecule has 1 heterocycles. The number of morpholine rings is 1. The minimum absolute atomic E-state index is 0.0126. The zero-order valence-electron chi connectivity index (χ0n) is 14.3. The molecule has 0 radical (unpaired) electrons. The van der Waals surface area contributed by atoms with Gasteiger partial charge >= 0.3 is 0 Å². The first-order valence-corrected chi connectivity index (χ1v) is 8.21. The van der Waals surface area contributed by atoms with Crippen LogP contribution in [0, 0.1) is 0 Å². The van der Waals surface area contributed by atoms with Crippen molar-refractivity contribution in [2.75, 3.05) is 26.3 Å². The third-order valence-electron chi connectivity index (χ3n) is 3.89. The molecule has 1 saturated heterocycles. The van der Waals surface area contributed by atoms with Crippen molar-refractivity contribution >= 4 is 5.91 Å². The molecule has 0 bridgehead atoms. The van der Waals surface area contributed by atoms with Crippen molar-refractivity contribution in [3.8, 4) is 0 Å². The molecule has 2 N–H and O–H groups in total. The quantitative estimate of drug-likeness (QED) is 0.867. The Bertz CT molecular complexity index is 499. The first kappa shape index (κ1) is 17.9. The average molecular weight is 320 g/mol. The minimum Gasteiger partial charge on any atom is -0.388 e. The second-order valence-electron chi connectivity index (χ2n) is 7.16. The van der Waals surface area contributed by atoms with Crippen LogP contribution in [0.5, 0.6) is 0 Å². The Balaban J connectivity index is 1.94. The summed E-state index contributed by atoms with van der Waals surface area (Å²) in [5.41, 5.74) is 0.666. The van der Waals surface area contributed by atoms with Gasteiger partial charge in [-0.05, 0) is 32.8 Å². The molecule has 2 unspecified atom stereocenters. The summed E-state index contributed by atoms with van der Waals surface area (Å²) in [6.45, 7) is 8.15. The number of rotatable bonds is 5. The third-order valence-corrected chi connectivity index (χ3v) is 3.89. The molecule has 23 heavy (non-hydrogen) atoms. The van der Waals surface area contributed by atoms with Gasteiger partial charge in [0.2, 0.25) is 5.91 Å². The number of ether oxygens (including phenoxy) is 1. The summed E-state index contributed by atoms with van der Waals surface area (Å²) in [6.07, 6.45) is 0.0170. The van der Waals surface area contributed by atoms with Crippen LogP contribution in [-0.4, -0.2) is 53.8 Å². The van der Waals surface area contributed by atoms with Gasteiger partial charge in [-0.25, -0.2) is 0 Å². The summed E-state index contributed by atoms with van der Waals surface area (Å²) < 4.78 is 5.55. The molecule has 0 spiro atoms. The van der Waals surface area contributed by atoms with Crippen LogP contribution in [0.3, 0.4) is 0 Å². The highest BCUT2D eigenvalue weighted by molar-refractivity contribution is 5.78. The van der Waals surface area contributed by atoms with E-state index in [1.165, 1.54) is 0 Å². The lowest BCUT2D eigenvalue weighted by atomic mass is 10.0. The van der Waals surface area contributed by atoms with E-state index in [2.05, 4.69) is 10.2 Å². The maximum Gasteiger partial charge on any atom is 0.234 e. The van der Waals surface area contributed by atoms with Gasteiger partial charge < -0.3 is 15.2 Å². The molecule has 1 aromatic rings. The van der Waals surface area contributed by atoms with Crippen LogP contribution in [-0.2, 0) is 9.53 Å². The predicted molar refractivity (Wildman–Crippen MR) is 90.1 cm³/mol. The first-order valence-electron chi connectivity index (χ1n) is 8.21. The van der Waals surface area contributed by atoms with Crippen molar-refractivity contribution in [2.24, 2.45) is 0 Å². The lowest BCUT2D eigenvalue weighted by Gasteiger charge is -2.36. The Morgan fingerprint density at radius 2 is 2.09 bits per heavy atom. The Morgan fingerprint density at radius 3 is 2.74 bits per heavy atom. The molecule has 2 rings (SSSR count). The SMILES string of the molecule is CC(C)(C)NC(=O)CN1CCOCC1CC(O)c1ccccc1. The molecule has 0 saturated carbocycles. The zero-order valence-corrected chi connectivity index (χ0v) is 14.3. The van der Waals surface area contributed by atoms with Crippen LogP contribution >= 0.6 is 0 Å². The van der Waals surface area contributed by atoms with Gasteiger partial charge in [0.25, 0.3) is 0 Å². The molecule has 2 atom stereocenters. The zero-order chi connectivity index (χ0) is 16.9. The van der Waals surface area contributed by atoms with E-state index in [-0.39, 0.29) is 17.5 Å². The lowest BCUT2D eigenvalue weighted by molar-refractivity contribution is -0.126. The molecule has 1 aliphatic rings. The molecule has 1 amide bonds. The van der Waals surface area contributed by atoms with Gasteiger partial charge in [-0.15, -0.1) is 0 Å². The van der Waals surface area contributed by atoms with Gasteiger partial charge in [-0.2, -0.15) is 0 Å². The molecule has 5 nitrogen and oxygen atoms in total. The number of hydrogen-bond acceptors (Lipinski definition) is 4. The van der Waals surface area contributed by atoms with Gasteiger partial charge in [0.1, 0.15) is 0 Å². The minimum atomic E-state index is -0.545. The van der Waals surface area contributed by atoms with Crippen molar-refractivity contribution in [1.29, 1.82) is 0 Å². The third kappa shape index (κ3) is 5.94. The van der Waals surface area contributed by atoms with Gasteiger partial charge in [0, 0.05) is 18.1 Å². The van der Waals surface area contributed by atoms with Crippen molar-refractivity contribution in [3.05, 3.63) is 35.9 Å². The Labute approximate surface area is 138 Å². The number of aliphatic hydroxyl groups excluding tert-OH is 1. The van der Waals surface area contributed by atoms with Crippen molar-refractivity contribution in [3.63, 3.8) is 0 Å². The molecule has 128 valence electrons. The standard InChI is InChI=1S/C18H28N2O3/c1-18(2,3)19-17(22)12-20-9-10-23-13-15(20)11-16(21)14-7-5-4-6-8-14/h4-8,15-16,21H,9-13H2,1-3H3,(H,19,22). The monoisotopic (exact) mass is 320 g/mol. The van der Waals surface area contributed by atoms with E-state index in [9.17, 15) is 9.90 Å². The predicted octanol–water partition coefficient (Wildman–Crippen LogP) is 1.73. The van der Waals surface area contributed by atoms with Crippen LogP contribution in [0.4, 0.5) is 0 Å². The Morgan fingerprint density at radius 1 is 1.39 bits per heavy atom.